The Bertz CT molecular complexity index is 465. The molecule has 0 bridgehead atoms. The second-order valence-electron chi connectivity index (χ2n) is 6.96. The summed E-state index contributed by atoms with van der Waals surface area (Å²) >= 11 is 0. The molecule has 0 spiro atoms. The molecular formula is C17H28N2O3. The summed E-state index contributed by atoms with van der Waals surface area (Å²) < 4.78 is 10.8. The molecule has 1 amide bonds. The van der Waals surface area contributed by atoms with Crippen molar-refractivity contribution in [2.75, 3.05) is 13.1 Å². The van der Waals surface area contributed by atoms with E-state index in [4.69, 9.17) is 9.15 Å². The van der Waals surface area contributed by atoms with Crippen LogP contribution in [0.25, 0.3) is 0 Å². The maximum atomic E-state index is 11.8. The van der Waals surface area contributed by atoms with Crippen molar-refractivity contribution >= 4 is 6.09 Å². The molecule has 0 saturated carbocycles. The minimum atomic E-state index is -0.461. The van der Waals surface area contributed by atoms with Gasteiger partial charge in [0.1, 0.15) is 11.4 Å². The van der Waals surface area contributed by atoms with Crippen LogP contribution in [-0.4, -0.2) is 35.7 Å². The van der Waals surface area contributed by atoms with Crippen LogP contribution < -0.4 is 5.32 Å². The van der Waals surface area contributed by atoms with Gasteiger partial charge in [-0.05, 0) is 59.2 Å². The summed E-state index contributed by atoms with van der Waals surface area (Å²) in [5.74, 6) is 0.976. The third-order valence-electron chi connectivity index (χ3n) is 4.01. The summed E-state index contributed by atoms with van der Waals surface area (Å²) in [6.07, 6.45) is 4.84. The number of nitrogens with one attached hydrogen (secondary N) is 1. The van der Waals surface area contributed by atoms with Crippen LogP contribution in [0.4, 0.5) is 4.79 Å². The summed E-state index contributed by atoms with van der Waals surface area (Å²) in [6, 6.07) is 4.48. The van der Waals surface area contributed by atoms with Gasteiger partial charge in [0.2, 0.25) is 0 Å². The molecule has 2 heterocycles. The number of hydrogen-bond donors (Lipinski definition) is 1. The summed E-state index contributed by atoms with van der Waals surface area (Å²) in [4.78, 5) is 14.3. The Morgan fingerprint density at radius 2 is 2.27 bits per heavy atom. The largest absolute Gasteiger partial charge is 0.468 e. The predicted molar refractivity (Wildman–Crippen MR) is 85.7 cm³/mol. The van der Waals surface area contributed by atoms with E-state index >= 15 is 0 Å². The number of ether oxygens (including phenoxy) is 1. The van der Waals surface area contributed by atoms with E-state index in [1.54, 1.807) is 6.26 Å². The Labute approximate surface area is 133 Å². The number of likely N-dealkylation sites (tertiary alicyclic amines) is 1. The van der Waals surface area contributed by atoms with E-state index in [2.05, 4.69) is 17.1 Å². The average Bonchev–Trinajstić information content (AvgIpc) is 2.97. The molecule has 2 atom stereocenters. The first kappa shape index (κ1) is 16.9. The summed E-state index contributed by atoms with van der Waals surface area (Å²) in [5, 5.41) is 2.91. The topological polar surface area (TPSA) is 54.7 Å². The molecule has 1 aliphatic rings. The summed E-state index contributed by atoms with van der Waals surface area (Å²) in [6.45, 7) is 9.42. The lowest BCUT2D eigenvalue weighted by molar-refractivity contribution is 0.0462. The van der Waals surface area contributed by atoms with Crippen LogP contribution in [0.2, 0.25) is 0 Å². The number of hydrogen-bond acceptors (Lipinski definition) is 4. The number of piperidine rings is 1. The zero-order valence-electron chi connectivity index (χ0n) is 14.1. The molecule has 5 nitrogen and oxygen atoms in total. The minimum absolute atomic E-state index is 0.223. The Kier molecular flexibility index (Phi) is 5.51. The fourth-order valence-corrected chi connectivity index (χ4v) is 2.96. The quantitative estimate of drug-likeness (QED) is 0.921. The van der Waals surface area contributed by atoms with Gasteiger partial charge in [0.05, 0.1) is 12.3 Å². The third kappa shape index (κ3) is 4.77. The molecule has 124 valence electrons. The van der Waals surface area contributed by atoms with E-state index in [0.717, 1.165) is 18.7 Å². The first-order valence-electron chi connectivity index (χ1n) is 8.13. The molecule has 1 saturated heterocycles. The van der Waals surface area contributed by atoms with Gasteiger partial charge in [-0.25, -0.2) is 4.79 Å². The van der Waals surface area contributed by atoms with Gasteiger partial charge in [0.25, 0.3) is 0 Å². The third-order valence-corrected chi connectivity index (χ3v) is 4.01. The zero-order valence-corrected chi connectivity index (χ0v) is 14.1. The highest BCUT2D eigenvalue weighted by molar-refractivity contribution is 5.67. The van der Waals surface area contributed by atoms with Crippen LogP contribution in [-0.2, 0) is 4.74 Å². The number of amides is 1. The Morgan fingerprint density at radius 1 is 1.50 bits per heavy atom. The first-order valence-corrected chi connectivity index (χ1v) is 8.13. The molecule has 1 fully saturated rings. The van der Waals surface area contributed by atoms with Crippen molar-refractivity contribution in [2.45, 2.75) is 64.6 Å². The van der Waals surface area contributed by atoms with Crippen molar-refractivity contribution in [3.05, 3.63) is 24.2 Å². The van der Waals surface area contributed by atoms with Crippen LogP contribution in [0, 0.1) is 0 Å². The van der Waals surface area contributed by atoms with Gasteiger partial charge >= 0.3 is 6.09 Å². The van der Waals surface area contributed by atoms with Crippen molar-refractivity contribution in [3.63, 3.8) is 0 Å². The lowest BCUT2D eigenvalue weighted by Crippen LogP contribution is -2.48. The standard InChI is InChI=1S/C17H28N2O3/c1-13(15-9-7-11-21-15)19-10-6-5-8-14(19)12-18-16(20)22-17(2,3)4/h7,9,11,13-14H,5-6,8,10,12H2,1-4H3,(H,18,20)/t13-,14+/m1/s1. The number of alkyl carbamates (subject to hydrolysis) is 1. The van der Waals surface area contributed by atoms with E-state index < -0.39 is 5.60 Å². The van der Waals surface area contributed by atoms with E-state index in [9.17, 15) is 4.79 Å². The number of nitrogens with zero attached hydrogens (tertiary/aromatic N) is 1. The van der Waals surface area contributed by atoms with E-state index in [-0.39, 0.29) is 12.1 Å². The highest BCUT2D eigenvalue weighted by Gasteiger charge is 2.29. The smallest absolute Gasteiger partial charge is 0.407 e. The fourth-order valence-electron chi connectivity index (χ4n) is 2.96. The normalized spacial score (nSPS) is 21.4. The first-order chi connectivity index (χ1) is 10.4. The van der Waals surface area contributed by atoms with Crippen LogP contribution in [0.5, 0.6) is 0 Å². The molecule has 0 aliphatic carbocycles. The molecule has 1 aromatic heterocycles. The number of furan rings is 1. The van der Waals surface area contributed by atoms with Gasteiger partial charge in [-0.1, -0.05) is 6.42 Å². The Balaban J connectivity index is 1.91. The van der Waals surface area contributed by atoms with Crippen molar-refractivity contribution in [3.8, 4) is 0 Å². The molecular weight excluding hydrogens is 280 g/mol. The molecule has 5 heteroatoms. The van der Waals surface area contributed by atoms with Crippen molar-refractivity contribution < 1.29 is 13.9 Å². The Hall–Kier alpha value is -1.49. The molecule has 0 aromatic carbocycles. The molecule has 2 rings (SSSR count). The van der Waals surface area contributed by atoms with E-state index in [1.807, 2.05) is 32.9 Å². The van der Waals surface area contributed by atoms with Gasteiger partial charge < -0.3 is 14.5 Å². The van der Waals surface area contributed by atoms with Crippen molar-refractivity contribution in [1.82, 2.24) is 10.2 Å². The predicted octanol–water partition coefficient (Wildman–Crippen LogP) is 3.72. The lowest BCUT2D eigenvalue weighted by atomic mass is 9.99. The molecule has 0 unspecified atom stereocenters. The van der Waals surface area contributed by atoms with Gasteiger partial charge in [-0.3, -0.25) is 4.90 Å². The van der Waals surface area contributed by atoms with Gasteiger partial charge in [0, 0.05) is 12.6 Å². The number of carbonyl (C=O) groups excluding carboxylic acids is 1. The van der Waals surface area contributed by atoms with Gasteiger partial charge in [0.15, 0.2) is 0 Å². The lowest BCUT2D eigenvalue weighted by Gasteiger charge is -2.39. The molecule has 1 N–H and O–H groups in total. The van der Waals surface area contributed by atoms with Crippen LogP contribution in [0.15, 0.2) is 22.8 Å². The zero-order chi connectivity index (χ0) is 16.2. The van der Waals surface area contributed by atoms with Gasteiger partial charge in [-0.15, -0.1) is 0 Å². The fraction of sp³-hybridized carbons (Fsp3) is 0.706. The van der Waals surface area contributed by atoms with Crippen molar-refractivity contribution in [1.29, 1.82) is 0 Å². The van der Waals surface area contributed by atoms with E-state index in [1.165, 1.54) is 12.8 Å². The number of rotatable bonds is 4. The van der Waals surface area contributed by atoms with Gasteiger partial charge in [-0.2, -0.15) is 0 Å². The summed E-state index contributed by atoms with van der Waals surface area (Å²) in [7, 11) is 0. The highest BCUT2D eigenvalue weighted by atomic mass is 16.6. The maximum Gasteiger partial charge on any atom is 0.407 e. The second-order valence-corrected chi connectivity index (χ2v) is 6.96. The van der Waals surface area contributed by atoms with Crippen LogP contribution in [0.1, 0.15) is 58.8 Å². The molecule has 1 aromatic rings. The Morgan fingerprint density at radius 3 is 2.91 bits per heavy atom. The van der Waals surface area contributed by atoms with Crippen LogP contribution in [0.3, 0.4) is 0 Å². The SMILES string of the molecule is C[C@H](c1ccco1)N1CCCC[C@H]1CNC(=O)OC(C)(C)C. The number of carbonyl (C=O) groups is 1. The second kappa shape index (κ2) is 7.18. The highest BCUT2D eigenvalue weighted by Crippen LogP contribution is 2.28. The monoisotopic (exact) mass is 308 g/mol. The minimum Gasteiger partial charge on any atom is -0.468 e. The molecule has 1 aliphatic heterocycles. The van der Waals surface area contributed by atoms with Crippen LogP contribution >= 0.6 is 0 Å². The maximum absolute atomic E-state index is 11.8. The summed E-state index contributed by atoms with van der Waals surface area (Å²) in [5.41, 5.74) is -0.461. The molecule has 22 heavy (non-hydrogen) atoms. The average molecular weight is 308 g/mol. The van der Waals surface area contributed by atoms with E-state index in [0.29, 0.717) is 12.6 Å². The molecule has 0 radical (unpaired) electrons. The van der Waals surface area contributed by atoms with Crippen molar-refractivity contribution in [2.24, 2.45) is 0 Å².